The SMILES string of the molecule is CC(=O)C[C@@H]1C[C@@](O)(CF)[C@H](O)[C@@H](/C=C/C(C)=C/C[C@@H]2O[C@H](C)[C@H](NC(=O)/C=C\C(C)C)C[C@@H]2C)O1. The van der Waals surface area contributed by atoms with Crippen LogP contribution >= 0.6 is 0 Å². The lowest BCUT2D eigenvalue weighted by atomic mass is 9.83. The molecule has 2 heterocycles. The Morgan fingerprint density at radius 3 is 2.50 bits per heavy atom. The van der Waals surface area contributed by atoms with Gasteiger partial charge in [0.2, 0.25) is 5.91 Å². The lowest BCUT2D eigenvalue weighted by Gasteiger charge is -2.42. The third kappa shape index (κ3) is 8.91. The summed E-state index contributed by atoms with van der Waals surface area (Å²) in [4.78, 5) is 23.7. The number of ether oxygens (including phenoxy) is 2. The van der Waals surface area contributed by atoms with Gasteiger partial charge in [-0.25, -0.2) is 4.39 Å². The summed E-state index contributed by atoms with van der Waals surface area (Å²) < 4.78 is 25.5. The smallest absolute Gasteiger partial charge is 0.243 e. The number of rotatable bonds is 10. The minimum atomic E-state index is -1.94. The van der Waals surface area contributed by atoms with Crippen LogP contribution in [0.3, 0.4) is 0 Å². The van der Waals surface area contributed by atoms with E-state index in [0.717, 1.165) is 12.0 Å². The molecule has 0 aromatic rings. The molecule has 0 aromatic heterocycles. The van der Waals surface area contributed by atoms with Gasteiger partial charge in [0.25, 0.3) is 0 Å². The molecule has 36 heavy (non-hydrogen) atoms. The van der Waals surface area contributed by atoms with Crippen molar-refractivity contribution in [1.29, 1.82) is 0 Å². The normalized spacial score (nSPS) is 36.1. The summed E-state index contributed by atoms with van der Waals surface area (Å²) in [7, 11) is 0. The summed E-state index contributed by atoms with van der Waals surface area (Å²) in [6.45, 7) is 10.3. The van der Waals surface area contributed by atoms with Crippen molar-refractivity contribution in [3.05, 3.63) is 36.0 Å². The highest BCUT2D eigenvalue weighted by Crippen LogP contribution is 2.32. The van der Waals surface area contributed by atoms with Crippen molar-refractivity contribution < 1.29 is 33.7 Å². The Morgan fingerprint density at radius 2 is 1.89 bits per heavy atom. The highest BCUT2D eigenvalue weighted by molar-refractivity contribution is 5.87. The van der Waals surface area contributed by atoms with Gasteiger partial charge in [0.15, 0.2) is 0 Å². The van der Waals surface area contributed by atoms with Crippen LogP contribution in [0.5, 0.6) is 0 Å². The maximum atomic E-state index is 13.5. The molecule has 0 unspecified atom stereocenters. The Hall–Kier alpha value is -1.87. The summed E-state index contributed by atoms with van der Waals surface area (Å²) >= 11 is 0. The van der Waals surface area contributed by atoms with Gasteiger partial charge in [0.05, 0.1) is 24.4 Å². The van der Waals surface area contributed by atoms with E-state index < -0.39 is 30.6 Å². The standard InChI is InChI=1S/C28H44FNO6/c1-17(2)7-12-26(32)30-23-13-19(4)24(35-21(23)6)10-8-18(3)9-11-25-27(33)28(34,16-29)15-22(36-25)14-20(5)31/h7-9,11-12,17,19,21-25,27,33-34H,10,13-16H2,1-6H3,(H,30,32)/b11-9+,12-7-,18-8+/t19-,21+,22+,23+,24-,25+,27+,28+/m0/s1. The first-order valence-electron chi connectivity index (χ1n) is 12.9. The Bertz CT molecular complexity index is 840. The number of aliphatic hydroxyl groups is 2. The number of carbonyl (C=O) groups is 2. The second-order valence-corrected chi connectivity index (χ2v) is 10.9. The molecule has 2 aliphatic heterocycles. The zero-order valence-electron chi connectivity index (χ0n) is 22.4. The van der Waals surface area contributed by atoms with E-state index in [-0.39, 0.29) is 48.7 Å². The van der Waals surface area contributed by atoms with Gasteiger partial charge in [-0.15, -0.1) is 0 Å². The summed E-state index contributed by atoms with van der Waals surface area (Å²) in [6.07, 6.45) is 7.13. The van der Waals surface area contributed by atoms with Crippen molar-refractivity contribution in [3.8, 4) is 0 Å². The van der Waals surface area contributed by atoms with E-state index in [1.165, 1.54) is 6.92 Å². The number of nitrogens with one attached hydrogen (secondary N) is 1. The first-order valence-corrected chi connectivity index (χ1v) is 12.9. The number of aliphatic hydroxyl groups excluding tert-OH is 1. The number of alkyl halides is 1. The van der Waals surface area contributed by atoms with E-state index >= 15 is 0 Å². The molecule has 0 bridgehead atoms. The topological polar surface area (TPSA) is 105 Å². The number of hydrogen-bond donors (Lipinski definition) is 3. The van der Waals surface area contributed by atoms with E-state index in [9.17, 15) is 24.2 Å². The molecule has 2 fully saturated rings. The molecular weight excluding hydrogens is 465 g/mol. The number of ketones is 1. The predicted molar refractivity (Wildman–Crippen MR) is 137 cm³/mol. The maximum absolute atomic E-state index is 13.5. The van der Waals surface area contributed by atoms with Gasteiger partial charge in [-0.2, -0.15) is 0 Å². The third-order valence-electron chi connectivity index (χ3n) is 6.94. The largest absolute Gasteiger partial charge is 0.387 e. The van der Waals surface area contributed by atoms with E-state index in [1.54, 1.807) is 18.2 Å². The van der Waals surface area contributed by atoms with Crippen LogP contribution in [0.15, 0.2) is 36.0 Å². The minimum Gasteiger partial charge on any atom is -0.387 e. The summed E-state index contributed by atoms with van der Waals surface area (Å²) in [5, 5.41) is 24.0. The maximum Gasteiger partial charge on any atom is 0.243 e. The van der Waals surface area contributed by atoms with Gasteiger partial charge in [-0.05, 0) is 51.5 Å². The van der Waals surface area contributed by atoms with Crippen molar-refractivity contribution in [2.24, 2.45) is 11.8 Å². The molecule has 0 aromatic carbocycles. The number of hydrogen-bond acceptors (Lipinski definition) is 6. The van der Waals surface area contributed by atoms with E-state index in [2.05, 4.69) is 12.2 Å². The van der Waals surface area contributed by atoms with Crippen LogP contribution in [0.1, 0.15) is 67.2 Å². The van der Waals surface area contributed by atoms with Gasteiger partial charge < -0.3 is 25.0 Å². The zero-order chi connectivity index (χ0) is 27.0. The van der Waals surface area contributed by atoms with Gasteiger partial charge in [0.1, 0.15) is 30.3 Å². The van der Waals surface area contributed by atoms with Gasteiger partial charge in [-0.1, -0.05) is 50.6 Å². The molecule has 3 N–H and O–H groups in total. The second-order valence-electron chi connectivity index (χ2n) is 10.9. The quantitative estimate of drug-likeness (QED) is 0.307. The number of Topliss-reactive ketones (excluding diaryl/α,β-unsaturated/α-hetero) is 1. The van der Waals surface area contributed by atoms with Gasteiger partial charge >= 0.3 is 0 Å². The number of carbonyl (C=O) groups excluding carboxylic acids is 2. The van der Waals surface area contributed by atoms with Crippen molar-refractivity contribution >= 4 is 11.7 Å². The molecule has 204 valence electrons. The summed E-state index contributed by atoms with van der Waals surface area (Å²) in [6, 6.07) is -0.0485. The third-order valence-corrected chi connectivity index (χ3v) is 6.94. The van der Waals surface area contributed by atoms with E-state index in [0.29, 0.717) is 12.3 Å². The molecule has 0 saturated carbocycles. The highest BCUT2D eigenvalue weighted by atomic mass is 19.1. The molecule has 0 radical (unpaired) electrons. The fraction of sp³-hybridized carbons (Fsp3) is 0.714. The summed E-state index contributed by atoms with van der Waals surface area (Å²) in [5.41, 5.74) is -1.04. The van der Waals surface area contributed by atoms with E-state index in [4.69, 9.17) is 9.47 Å². The van der Waals surface area contributed by atoms with Crippen molar-refractivity contribution in [2.75, 3.05) is 6.67 Å². The zero-order valence-corrected chi connectivity index (χ0v) is 22.4. The van der Waals surface area contributed by atoms with Crippen molar-refractivity contribution in [3.63, 3.8) is 0 Å². The van der Waals surface area contributed by atoms with Crippen LogP contribution in [0.25, 0.3) is 0 Å². The molecule has 1 amide bonds. The average Bonchev–Trinajstić information content (AvgIpc) is 2.79. The van der Waals surface area contributed by atoms with Gasteiger partial charge in [0, 0.05) is 12.8 Å². The first kappa shape index (κ1) is 30.4. The molecular formula is C28H44FNO6. The predicted octanol–water partition coefficient (Wildman–Crippen LogP) is 3.59. The molecule has 0 aliphatic carbocycles. The monoisotopic (exact) mass is 509 g/mol. The fourth-order valence-corrected chi connectivity index (χ4v) is 4.73. The van der Waals surface area contributed by atoms with Crippen molar-refractivity contribution in [1.82, 2.24) is 5.32 Å². The Morgan fingerprint density at radius 1 is 1.19 bits per heavy atom. The van der Waals surface area contributed by atoms with Crippen molar-refractivity contribution in [2.45, 2.75) is 109 Å². The van der Waals surface area contributed by atoms with Crippen LogP contribution in [0.4, 0.5) is 4.39 Å². The average molecular weight is 510 g/mol. The molecule has 2 saturated heterocycles. The Balaban J connectivity index is 1.96. The fourth-order valence-electron chi connectivity index (χ4n) is 4.73. The van der Waals surface area contributed by atoms with Crippen LogP contribution in [0.2, 0.25) is 0 Å². The highest BCUT2D eigenvalue weighted by Gasteiger charge is 2.47. The molecule has 0 spiro atoms. The minimum absolute atomic E-state index is 0.00388. The van der Waals surface area contributed by atoms with Crippen LogP contribution in [-0.4, -0.2) is 70.7 Å². The van der Waals surface area contributed by atoms with Crippen LogP contribution in [-0.2, 0) is 19.1 Å². The number of amides is 1. The second kappa shape index (κ2) is 13.6. The number of allylic oxidation sites excluding steroid dienone is 3. The Kier molecular flexibility index (Phi) is 11.5. The molecule has 7 nitrogen and oxygen atoms in total. The molecule has 2 aliphatic rings. The molecule has 2 rings (SSSR count). The number of halogens is 1. The molecule has 8 heteroatoms. The van der Waals surface area contributed by atoms with Crippen LogP contribution < -0.4 is 5.32 Å². The Labute approximate surface area is 214 Å². The van der Waals surface area contributed by atoms with E-state index in [1.807, 2.05) is 39.8 Å². The first-order chi connectivity index (χ1) is 16.8. The lowest BCUT2D eigenvalue weighted by Crippen LogP contribution is -2.58. The van der Waals surface area contributed by atoms with Crippen LogP contribution in [0, 0.1) is 11.8 Å². The summed E-state index contributed by atoms with van der Waals surface area (Å²) in [5.74, 6) is 0.325. The van der Waals surface area contributed by atoms with Gasteiger partial charge in [-0.3, -0.25) is 9.59 Å². The molecule has 8 atom stereocenters. The lowest BCUT2D eigenvalue weighted by molar-refractivity contribution is -0.208.